The van der Waals surface area contributed by atoms with E-state index in [1.807, 2.05) is 94.5 Å². The summed E-state index contributed by atoms with van der Waals surface area (Å²) in [6.45, 7) is 0. The Balaban J connectivity index is 0.000000205. The van der Waals surface area contributed by atoms with Gasteiger partial charge in [-0.1, -0.05) is 0 Å². The molecule has 1 heteroatoms. The van der Waals surface area contributed by atoms with Crippen molar-refractivity contribution in [3.63, 3.8) is 0 Å². The molecule has 0 N–H and O–H groups in total. The van der Waals surface area contributed by atoms with Crippen molar-refractivity contribution >= 4 is 0 Å². The summed E-state index contributed by atoms with van der Waals surface area (Å²) < 4.78 is 0. The van der Waals surface area contributed by atoms with Crippen LogP contribution in [-0.2, 0) is 20.1 Å². The van der Waals surface area contributed by atoms with E-state index in [0.717, 1.165) is 0 Å². The van der Waals surface area contributed by atoms with Gasteiger partial charge in [-0.3, -0.25) is 0 Å². The second kappa shape index (κ2) is 13.1. The summed E-state index contributed by atoms with van der Waals surface area (Å²) in [6, 6.07) is 10.0. The SMILES string of the molecule is [CH]1[CH][CH][CH][CH]1.[CH]1[CH][CH][CH][CH]1.[Tc].c1cc[cH-]c1. The first kappa shape index (κ1) is 16.0. The minimum atomic E-state index is 0. The van der Waals surface area contributed by atoms with Gasteiger partial charge in [-0.25, -0.2) is 12.1 Å². The maximum Gasteiger partial charge on any atom is 0 e. The Bertz CT molecular complexity index is 141. The summed E-state index contributed by atoms with van der Waals surface area (Å²) in [5.74, 6) is 0. The molecule has 83 valence electrons. The Morgan fingerprint density at radius 1 is 0.438 bits per heavy atom. The van der Waals surface area contributed by atoms with E-state index in [1.165, 1.54) is 0 Å². The van der Waals surface area contributed by atoms with Crippen molar-refractivity contribution < 1.29 is 20.1 Å². The molecule has 0 aromatic heterocycles. The van der Waals surface area contributed by atoms with Crippen molar-refractivity contribution in [2.45, 2.75) is 0 Å². The van der Waals surface area contributed by atoms with Crippen LogP contribution >= 0.6 is 0 Å². The van der Waals surface area contributed by atoms with Gasteiger partial charge in [0, 0.05) is 20.1 Å². The third kappa shape index (κ3) is 10.5. The molecule has 0 heterocycles. The third-order valence-corrected chi connectivity index (χ3v) is 1.67. The fraction of sp³-hybridized carbons (Fsp3) is 0. The largest absolute Gasteiger partial charge is 0.214 e. The summed E-state index contributed by atoms with van der Waals surface area (Å²) in [4.78, 5) is 0. The number of hydrogen-bond acceptors (Lipinski definition) is 0. The van der Waals surface area contributed by atoms with Crippen LogP contribution in [0.1, 0.15) is 0 Å². The Morgan fingerprint density at radius 3 is 0.812 bits per heavy atom. The molecule has 0 spiro atoms. The Morgan fingerprint density at radius 2 is 0.688 bits per heavy atom. The predicted octanol–water partition coefficient (Wildman–Crippen LogP) is 3.45. The van der Waals surface area contributed by atoms with Gasteiger partial charge in [-0.2, -0.15) is 18.2 Å². The second-order valence-electron chi connectivity index (χ2n) is 2.89. The van der Waals surface area contributed by atoms with Crippen molar-refractivity contribution in [2.24, 2.45) is 0 Å². The molecule has 11 radical (unpaired) electrons. The normalized spacial score (nSPS) is 17.5. The van der Waals surface area contributed by atoms with Crippen LogP contribution in [0.25, 0.3) is 0 Å². The topological polar surface area (TPSA) is 0 Å². The minimum absolute atomic E-state index is 0. The molecule has 0 amide bonds. The third-order valence-electron chi connectivity index (χ3n) is 1.67. The Hall–Kier alpha value is -0.000649. The summed E-state index contributed by atoms with van der Waals surface area (Å²) in [7, 11) is 0. The van der Waals surface area contributed by atoms with Crippen LogP contribution < -0.4 is 0 Å². The van der Waals surface area contributed by atoms with Gasteiger partial charge < -0.3 is 0 Å². The summed E-state index contributed by atoms with van der Waals surface area (Å²) >= 11 is 0. The fourth-order valence-electron chi connectivity index (χ4n) is 0.962. The average Bonchev–Trinajstić information content (AvgIpc) is 3.09. The zero-order valence-electron chi connectivity index (χ0n) is 9.04. The zero-order chi connectivity index (χ0) is 10.6. The molecule has 0 bridgehead atoms. The van der Waals surface area contributed by atoms with Crippen molar-refractivity contribution in [1.82, 2.24) is 0 Å². The van der Waals surface area contributed by atoms with Gasteiger partial charge >= 0.3 is 0 Å². The molecule has 2 saturated carbocycles. The summed E-state index contributed by atoms with van der Waals surface area (Å²) in [5.41, 5.74) is 0. The fourth-order valence-corrected chi connectivity index (χ4v) is 0.962. The maximum absolute atomic E-state index is 2.00. The van der Waals surface area contributed by atoms with E-state index >= 15 is 0 Å². The van der Waals surface area contributed by atoms with Gasteiger partial charge in [0.1, 0.15) is 0 Å². The molecule has 16 heavy (non-hydrogen) atoms. The molecule has 0 unspecified atom stereocenters. The quantitative estimate of drug-likeness (QED) is 0.643. The summed E-state index contributed by atoms with van der Waals surface area (Å²) in [5, 5.41) is 0. The van der Waals surface area contributed by atoms with Crippen LogP contribution in [0.4, 0.5) is 0 Å². The smallest absolute Gasteiger partial charge is 0 e. The van der Waals surface area contributed by atoms with E-state index in [-0.39, 0.29) is 20.1 Å². The molecule has 3 rings (SSSR count). The number of rotatable bonds is 0. The van der Waals surface area contributed by atoms with Crippen LogP contribution in [-0.4, -0.2) is 0 Å². The Kier molecular flexibility index (Phi) is 13.1. The maximum atomic E-state index is 2.00. The second-order valence-corrected chi connectivity index (χ2v) is 2.89. The Labute approximate surface area is 115 Å². The van der Waals surface area contributed by atoms with Gasteiger partial charge in [0.2, 0.25) is 0 Å². The van der Waals surface area contributed by atoms with E-state index in [0.29, 0.717) is 0 Å². The van der Waals surface area contributed by atoms with E-state index in [9.17, 15) is 0 Å². The molecule has 1 aromatic carbocycles. The average molecular weight is 293 g/mol. The molecule has 1 aromatic rings. The van der Waals surface area contributed by atoms with Crippen LogP contribution in [0.5, 0.6) is 0 Å². The summed E-state index contributed by atoms with van der Waals surface area (Å²) in [6.07, 6.45) is 20.0. The van der Waals surface area contributed by atoms with E-state index in [4.69, 9.17) is 0 Å². The molecule has 2 fully saturated rings. The van der Waals surface area contributed by atoms with Crippen LogP contribution in [0, 0.1) is 64.2 Å². The number of hydrogen-bond donors (Lipinski definition) is 0. The zero-order valence-corrected chi connectivity index (χ0v) is 10.9. The van der Waals surface area contributed by atoms with Crippen molar-refractivity contribution in [3.05, 3.63) is 94.5 Å². The molecule has 0 atom stereocenters. The van der Waals surface area contributed by atoms with E-state index in [1.54, 1.807) is 0 Å². The monoisotopic (exact) mass is 292 g/mol. The van der Waals surface area contributed by atoms with Gasteiger partial charge in [-0.05, 0) is 64.2 Å². The van der Waals surface area contributed by atoms with Crippen LogP contribution in [0.3, 0.4) is 0 Å². The van der Waals surface area contributed by atoms with E-state index in [2.05, 4.69) is 0 Å². The van der Waals surface area contributed by atoms with Gasteiger partial charge in [-0.15, -0.1) is 0 Å². The van der Waals surface area contributed by atoms with Crippen molar-refractivity contribution in [1.29, 1.82) is 0 Å². The predicted molar refractivity (Wildman–Crippen MR) is 65.0 cm³/mol. The minimum Gasteiger partial charge on any atom is -0.214 e. The molecule has 2 aliphatic rings. The van der Waals surface area contributed by atoms with Crippen LogP contribution in [0.15, 0.2) is 30.3 Å². The molecule has 0 nitrogen and oxygen atoms in total. The first-order valence-corrected chi connectivity index (χ1v) is 5.00. The molecule has 0 aliphatic heterocycles. The first-order valence-electron chi connectivity index (χ1n) is 5.00. The van der Waals surface area contributed by atoms with Gasteiger partial charge in [0.25, 0.3) is 0 Å². The molecular formula is C15H15Tc-. The molecule has 0 saturated heterocycles. The standard InChI is InChI=1S/3C5H5.Tc/c3*1-2-4-5-3-1;/h3*1-5H;/q;;-1;. The van der Waals surface area contributed by atoms with Crippen LogP contribution in [0.2, 0.25) is 0 Å². The molecular weight excluding hydrogens is 278 g/mol. The first-order chi connectivity index (χ1) is 7.50. The van der Waals surface area contributed by atoms with Gasteiger partial charge in [0.15, 0.2) is 0 Å². The van der Waals surface area contributed by atoms with Gasteiger partial charge in [0.05, 0.1) is 0 Å². The van der Waals surface area contributed by atoms with Crippen molar-refractivity contribution in [2.75, 3.05) is 0 Å². The van der Waals surface area contributed by atoms with E-state index < -0.39 is 0 Å². The van der Waals surface area contributed by atoms with Crippen molar-refractivity contribution in [3.8, 4) is 0 Å². The molecule has 2 aliphatic carbocycles.